The molecule has 0 spiro atoms. The molecule has 170 valence electrons. The molecule has 0 atom stereocenters. The number of nitriles is 2. The third kappa shape index (κ3) is 8.01. The minimum absolute atomic E-state index is 0.165. The van der Waals surface area contributed by atoms with Crippen LogP contribution < -0.4 is 10.2 Å². The fraction of sp³-hybridized carbons (Fsp3) is 0.200. The van der Waals surface area contributed by atoms with Crippen molar-refractivity contribution in [1.82, 2.24) is 5.32 Å². The van der Waals surface area contributed by atoms with Crippen molar-refractivity contribution in [1.29, 1.82) is 10.5 Å². The topological polar surface area (TPSA) is 146 Å². The molecule has 2 amide bonds. The average Bonchev–Trinajstić information content (AvgIpc) is 2.84. The normalized spacial score (nSPS) is 10.6. The molecule has 0 saturated carbocycles. The summed E-state index contributed by atoms with van der Waals surface area (Å²) >= 11 is 0. The standard InChI is InChI=1S/C25H23N7O2/c1-19-17-22(32(15-5-13-26)16-6-14-27)11-10-21(19)18-23(25(34)30-31-28)29-24(33)12-9-20-7-3-2-4-8-20/h2-4,7-12,17-18H,5-6,15-16H2,1H3,(H,29,33)/b12-9+,23-18+. The van der Waals surface area contributed by atoms with Crippen molar-refractivity contribution in [3.05, 3.63) is 87.4 Å². The predicted octanol–water partition coefficient (Wildman–Crippen LogP) is 4.64. The monoisotopic (exact) mass is 453 g/mol. The van der Waals surface area contributed by atoms with Crippen LogP contribution in [0.15, 0.2) is 65.4 Å². The summed E-state index contributed by atoms with van der Waals surface area (Å²) in [6, 6.07) is 18.8. The SMILES string of the molecule is Cc1cc(N(CCC#N)CCC#N)ccc1/C=C(/NC(=O)/C=C/c1ccccc1)C(=O)N=[N+]=[N-]. The number of carbonyl (C=O) groups excluding carboxylic acids is 2. The van der Waals surface area contributed by atoms with Crippen molar-refractivity contribution in [3.63, 3.8) is 0 Å². The molecule has 0 aromatic heterocycles. The van der Waals surface area contributed by atoms with Crippen LogP contribution in [0, 0.1) is 29.6 Å². The van der Waals surface area contributed by atoms with Crippen molar-refractivity contribution in [2.45, 2.75) is 19.8 Å². The van der Waals surface area contributed by atoms with Gasteiger partial charge in [-0.2, -0.15) is 10.5 Å². The van der Waals surface area contributed by atoms with Crippen molar-refractivity contribution < 1.29 is 9.59 Å². The highest BCUT2D eigenvalue weighted by Crippen LogP contribution is 2.22. The van der Waals surface area contributed by atoms with Gasteiger partial charge in [-0.1, -0.05) is 36.4 Å². The van der Waals surface area contributed by atoms with Crippen LogP contribution in [-0.2, 0) is 9.59 Å². The Hall–Kier alpha value is -4.85. The largest absolute Gasteiger partial charge is 0.369 e. The number of benzene rings is 2. The first kappa shape index (κ1) is 25.4. The third-order valence-corrected chi connectivity index (χ3v) is 4.76. The maximum absolute atomic E-state index is 12.4. The molecule has 1 N–H and O–H groups in total. The van der Waals surface area contributed by atoms with Crippen LogP contribution in [0.4, 0.5) is 5.69 Å². The number of azide groups is 1. The Morgan fingerprint density at radius 1 is 1.12 bits per heavy atom. The summed E-state index contributed by atoms with van der Waals surface area (Å²) in [4.78, 5) is 29.1. The molecule has 0 bridgehead atoms. The van der Waals surface area contributed by atoms with Gasteiger partial charge in [0.05, 0.1) is 30.7 Å². The first-order valence-corrected chi connectivity index (χ1v) is 10.4. The lowest BCUT2D eigenvalue weighted by atomic mass is 10.1. The Kier molecular flexibility index (Phi) is 10.1. The molecular formula is C25H23N7O2. The molecule has 0 saturated heterocycles. The van der Waals surface area contributed by atoms with E-state index < -0.39 is 11.8 Å². The highest BCUT2D eigenvalue weighted by molar-refractivity contribution is 6.04. The zero-order valence-corrected chi connectivity index (χ0v) is 18.7. The van der Waals surface area contributed by atoms with Gasteiger partial charge in [-0.3, -0.25) is 9.59 Å². The van der Waals surface area contributed by atoms with E-state index in [4.69, 9.17) is 16.1 Å². The van der Waals surface area contributed by atoms with E-state index >= 15 is 0 Å². The summed E-state index contributed by atoms with van der Waals surface area (Å²) in [5.41, 5.74) is 11.6. The number of rotatable bonds is 10. The molecule has 9 heteroatoms. The average molecular weight is 454 g/mol. The summed E-state index contributed by atoms with van der Waals surface area (Å²) in [7, 11) is 0. The maximum Gasteiger partial charge on any atom is 0.265 e. The van der Waals surface area contributed by atoms with Gasteiger partial charge in [0.25, 0.3) is 5.91 Å². The Labute approximate surface area is 197 Å². The van der Waals surface area contributed by atoms with Crippen LogP contribution in [-0.4, -0.2) is 24.9 Å². The molecule has 2 aromatic rings. The molecule has 0 radical (unpaired) electrons. The van der Waals surface area contributed by atoms with Gasteiger partial charge in [0.2, 0.25) is 5.91 Å². The summed E-state index contributed by atoms with van der Waals surface area (Å²) in [5.74, 6) is -1.47. The van der Waals surface area contributed by atoms with E-state index in [1.165, 1.54) is 12.2 Å². The van der Waals surface area contributed by atoms with Crippen molar-refractivity contribution in [2.24, 2.45) is 5.11 Å². The molecular weight excluding hydrogens is 430 g/mol. The number of nitrogens with zero attached hydrogens (tertiary/aromatic N) is 6. The number of aryl methyl sites for hydroxylation is 1. The van der Waals surface area contributed by atoms with Crippen molar-refractivity contribution in [2.75, 3.05) is 18.0 Å². The number of hydrogen-bond donors (Lipinski definition) is 1. The lowest BCUT2D eigenvalue weighted by Gasteiger charge is -2.23. The molecule has 2 aromatic carbocycles. The van der Waals surface area contributed by atoms with Crippen molar-refractivity contribution in [3.8, 4) is 12.1 Å². The van der Waals surface area contributed by atoms with E-state index in [-0.39, 0.29) is 5.70 Å². The molecule has 34 heavy (non-hydrogen) atoms. The Balaban J connectivity index is 2.29. The van der Waals surface area contributed by atoms with Crippen LogP contribution in [0.3, 0.4) is 0 Å². The van der Waals surface area contributed by atoms with Gasteiger partial charge in [-0.15, -0.1) is 0 Å². The van der Waals surface area contributed by atoms with Gasteiger partial charge in [-0.25, -0.2) is 0 Å². The molecule has 2 rings (SSSR count). The highest BCUT2D eigenvalue weighted by atomic mass is 16.2. The second-order valence-electron chi connectivity index (χ2n) is 7.13. The van der Waals surface area contributed by atoms with Gasteiger partial charge >= 0.3 is 0 Å². The Bertz CT molecular complexity index is 1200. The molecule has 0 heterocycles. The maximum atomic E-state index is 12.4. The number of hydrogen-bond acceptors (Lipinski definition) is 5. The summed E-state index contributed by atoms with van der Waals surface area (Å²) in [6.07, 6.45) is 4.96. The van der Waals surface area contributed by atoms with E-state index in [0.29, 0.717) is 31.5 Å². The summed E-state index contributed by atoms with van der Waals surface area (Å²) < 4.78 is 0. The fourth-order valence-corrected chi connectivity index (χ4v) is 3.07. The molecule has 0 aliphatic heterocycles. The molecule has 0 aliphatic rings. The van der Waals surface area contributed by atoms with Crippen LogP contribution in [0.25, 0.3) is 22.6 Å². The molecule has 0 fully saturated rings. The van der Waals surface area contributed by atoms with Gasteiger partial charge in [0, 0.05) is 29.8 Å². The van der Waals surface area contributed by atoms with Crippen molar-refractivity contribution >= 4 is 29.7 Å². The van der Waals surface area contributed by atoms with Gasteiger partial charge in [0.15, 0.2) is 0 Å². The lowest BCUT2D eigenvalue weighted by Crippen LogP contribution is -2.25. The minimum atomic E-state index is -0.919. The molecule has 9 nitrogen and oxygen atoms in total. The zero-order chi connectivity index (χ0) is 24.8. The molecule has 0 unspecified atom stereocenters. The van der Waals surface area contributed by atoms with Gasteiger partial charge in [-0.05, 0) is 58.5 Å². The first-order valence-electron chi connectivity index (χ1n) is 10.4. The van der Waals surface area contributed by atoms with Gasteiger partial charge in [0.1, 0.15) is 0 Å². The van der Waals surface area contributed by atoms with Crippen LogP contribution in [0.1, 0.15) is 29.5 Å². The predicted molar refractivity (Wildman–Crippen MR) is 130 cm³/mol. The van der Waals surface area contributed by atoms with Crippen LogP contribution in [0.5, 0.6) is 0 Å². The number of nitrogens with one attached hydrogen (secondary N) is 1. The second-order valence-corrected chi connectivity index (χ2v) is 7.13. The summed E-state index contributed by atoms with van der Waals surface area (Å²) in [5, 5.41) is 23.4. The quantitative estimate of drug-likeness (QED) is 0.241. The summed E-state index contributed by atoms with van der Waals surface area (Å²) in [6.45, 7) is 2.79. The zero-order valence-electron chi connectivity index (χ0n) is 18.7. The Morgan fingerprint density at radius 2 is 1.79 bits per heavy atom. The van der Waals surface area contributed by atoms with E-state index in [9.17, 15) is 9.59 Å². The minimum Gasteiger partial charge on any atom is -0.369 e. The van der Waals surface area contributed by atoms with Gasteiger partial charge < -0.3 is 10.2 Å². The van der Waals surface area contributed by atoms with E-state index in [1.54, 1.807) is 18.2 Å². The fourth-order valence-electron chi connectivity index (χ4n) is 3.07. The molecule has 0 aliphatic carbocycles. The lowest BCUT2D eigenvalue weighted by molar-refractivity contribution is -0.119. The number of anilines is 1. The Morgan fingerprint density at radius 3 is 2.38 bits per heavy atom. The van der Waals surface area contributed by atoms with Crippen LogP contribution in [0.2, 0.25) is 0 Å². The van der Waals surface area contributed by atoms with E-state index in [0.717, 1.165) is 16.8 Å². The second kappa shape index (κ2) is 13.5. The smallest absolute Gasteiger partial charge is 0.265 e. The van der Waals surface area contributed by atoms with E-state index in [1.807, 2.05) is 48.2 Å². The first-order chi connectivity index (χ1) is 16.5. The third-order valence-electron chi connectivity index (χ3n) is 4.76. The number of carbonyl (C=O) groups is 2. The van der Waals surface area contributed by atoms with Crippen LogP contribution >= 0.6 is 0 Å². The highest BCUT2D eigenvalue weighted by Gasteiger charge is 2.13. The van der Waals surface area contributed by atoms with E-state index in [2.05, 4.69) is 27.5 Å². The number of amides is 2.